The standard InChI is InChI=1S/C31H31NO4/c1-18-6-4-7-22(19-10-11-19)25(18)17-26-29-23(20-12-13-20)8-5-9-27(29)32(31(26,2)36-3)21-14-15-24(30(34)35)28(33)16-21/h4-9,14-17,19-20,33H,10-13H2,1-3H3,(H,34,35)/b26-17-. The first-order chi connectivity index (χ1) is 17.3. The average molecular weight is 482 g/mol. The fourth-order valence-corrected chi connectivity index (χ4v) is 5.78. The summed E-state index contributed by atoms with van der Waals surface area (Å²) < 4.78 is 6.32. The Kier molecular flexibility index (Phi) is 5.23. The second-order valence-electron chi connectivity index (χ2n) is 10.5. The Morgan fingerprint density at radius 1 is 1.03 bits per heavy atom. The van der Waals surface area contributed by atoms with Gasteiger partial charge in [-0.2, -0.15) is 0 Å². The van der Waals surface area contributed by atoms with E-state index in [9.17, 15) is 15.0 Å². The summed E-state index contributed by atoms with van der Waals surface area (Å²) in [7, 11) is 1.72. The van der Waals surface area contributed by atoms with Crippen molar-refractivity contribution in [3.63, 3.8) is 0 Å². The van der Waals surface area contributed by atoms with Crippen molar-refractivity contribution in [3.8, 4) is 5.75 Å². The molecule has 2 saturated carbocycles. The van der Waals surface area contributed by atoms with Crippen molar-refractivity contribution in [2.24, 2.45) is 0 Å². The van der Waals surface area contributed by atoms with Gasteiger partial charge in [-0.3, -0.25) is 0 Å². The number of carboxylic acid groups (broad SMARTS) is 1. The summed E-state index contributed by atoms with van der Waals surface area (Å²) in [4.78, 5) is 13.6. The molecule has 5 heteroatoms. The van der Waals surface area contributed by atoms with Crippen LogP contribution in [0, 0.1) is 6.92 Å². The predicted octanol–water partition coefficient (Wildman–Crippen LogP) is 7.21. The average Bonchev–Trinajstić information content (AvgIpc) is 3.77. The van der Waals surface area contributed by atoms with Crippen LogP contribution in [0.15, 0.2) is 54.6 Å². The highest BCUT2D eigenvalue weighted by Crippen LogP contribution is 2.57. The molecular weight excluding hydrogens is 450 g/mol. The molecule has 0 radical (unpaired) electrons. The summed E-state index contributed by atoms with van der Waals surface area (Å²) in [5.74, 6) is -0.265. The van der Waals surface area contributed by atoms with Crippen molar-refractivity contribution in [2.45, 2.75) is 57.1 Å². The molecule has 3 aromatic rings. The number of aromatic hydroxyl groups is 1. The van der Waals surface area contributed by atoms with E-state index >= 15 is 0 Å². The van der Waals surface area contributed by atoms with Gasteiger partial charge < -0.3 is 19.8 Å². The van der Waals surface area contributed by atoms with Crippen LogP contribution in [-0.2, 0) is 4.74 Å². The van der Waals surface area contributed by atoms with Crippen molar-refractivity contribution >= 4 is 29.0 Å². The summed E-state index contributed by atoms with van der Waals surface area (Å²) >= 11 is 0. The predicted molar refractivity (Wildman–Crippen MR) is 142 cm³/mol. The van der Waals surface area contributed by atoms with Crippen LogP contribution in [-0.4, -0.2) is 29.0 Å². The number of fused-ring (bicyclic) bond motifs is 1. The van der Waals surface area contributed by atoms with E-state index in [0.717, 1.165) is 11.3 Å². The lowest BCUT2D eigenvalue weighted by Gasteiger charge is -2.37. The number of aryl methyl sites for hydroxylation is 1. The molecule has 184 valence electrons. The van der Waals surface area contributed by atoms with Crippen molar-refractivity contribution in [3.05, 3.63) is 88.0 Å². The van der Waals surface area contributed by atoms with E-state index in [2.05, 4.69) is 61.2 Å². The van der Waals surface area contributed by atoms with E-state index in [1.807, 2.05) is 0 Å². The molecule has 0 aromatic heterocycles. The third kappa shape index (κ3) is 3.53. The Bertz CT molecular complexity index is 1420. The van der Waals surface area contributed by atoms with Crippen LogP contribution in [0.5, 0.6) is 5.75 Å². The van der Waals surface area contributed by atoms with Crippen LogP contribution in [0.2, 0.25) is 0 Å². The number of aromatic carboxylic acids is 1. The second kappa shape index (κ2) is 8.24. The molecule has 6 rings (SSSR count). The Hall–Kier alpha value is -3.57. The van der Waals surface area contributed by atoms with Crippen molar-refractivity contribution in [1.29, 1.82) is 0 Å². The minimum Gasteiger partial charge on any atom is -0.507 e. The third-order valence-corrected chi connectivity index (χ3v) is 8.06. The van der Waals surface area contributed by atoms with Gasteiger partial charge in [0, 0.05) is 30.0 Å². The minimum atomic E-state index is -1.15. The molecular formula is C31H31NO4. The van der Waals surface area contributed by atoms with Gasteiger partial charge in [-0.15, -0.1) is 0 Å². The van der Waals surface area contributed by atoms with Crippen molar-refractivity contribution in [2.75, 3.05) is 12.0 Å². The van der Waals surface area contributed by atoms with Crippen LogP contribution in [0.25, 0.3) is 11.6 Å². The van der Waals surface area contributed by atoms with E-state index in [-0.39, 0.29) is 11.3 Å². The van der Waals surface area contributed by atoms with E-state index in [1.54, 1.807) is 13.2 Å². The number of phenols is 1. The van der Waals surface area contributed by atoms with Crippen LogP contribution >= 0.6 is 0 Å². The highest BCUT2D eigenvalue weighted by Gasteiger charge is 2.48. The summed E-state index contributed by atoms with van der Waals surface area (Å²) in [6.07, 6.45) is 7.14. The SMILES string of the molecule is COC1(C)/C(=C\c2c(C)cccc2C2CC2)c2c(C3CC3)cccc2N1c1ccc(C(=O)O)c(O)c1. The molecule has 1 atom stereocenters. The molecule has 0 saturated heterocycles. The molecule has 2 N–H and O–H groups in total. The number of ether oxygens (including phenoxy) is 1. The molecule has 0 bridgehead atoms. The zero-order valence-electron chi connectivity index (χ0n) is 20.9. The van der Waals surface area contributed by atoms with Gasteiger partial charge in [0.1, 0.15) is 11.3 Å². The summed E-state index contributed by atoms with van der Waals surface area (Å²) in [5.41, 5.74) is 8.26. The molecule has 0 amide bonds. The number of methoxy groups -OCH3 is 1. The number of carboxylic acids is 1. The maximum absolute atomic E-state index is 11.5. The highest BCUT2D eigenvalue weighted by atomic mass is 16.5. The van der Waals surface area contributed by atoms with Crippen LogP contribution in [0.4, 0.5) is 11.4 Å². The van der Waals surface area contributed by atoms with Gasteiger partial charge in [-0.25, -0.2) is 4.79 Å². The van der Waals surface area contributed by atoms with E-state index in [0.29, 0.717) is 17.5 Å². The second-order valence-corrected chi connectivity index (χ2v) is 10.5. The molecule has 1 heterocycles. The van der Waals surface area contributed by atoms with Gasteiger partial charge in [-0.05, 0) is 97.9 Å². The van der Waals surface area contributed by atoms with E-state index in [4.69, 9.17) is 4.74 Å². The summed E-state index contributed by atoms with van der Waals surface area (Å²) in [5, 5.41) is 20.0. The van der Waals surface area contributed by atoms with Crippen molar-refractivity contribution < 1.29 is 19.7 Å². The summed E-state index contributed by atoms with van der Waals surface area (Å²) in [6, 6.07) is 17.7. The zero-order chi connectivity index (χ0) is 25.2. The number of hydrogen-bond acceptors (Lipinski definition) is 4. The first kappa shape index (κ1) is 22.9. The van der Waals surface area contributed by atoms with Gasteiger partial charge in [0.05, 0.1) is 5.69 Å². The maximum atomic E-state index is 11.5. The van der Waals surface area contributed by atoms with Crippen LogP contribution in [0.3, 0.4) is 0 Å². The van der Waals surface area contributed by atoms with Crippen LogP contribution in [0.1, 0.15) is 82.6 Å². The van der Waals surface area contributed by atoms with E-state index < -0.39 is 11.7 Å². The van der Waals surface area contributed by atoms with E-state index in [1.165, 1.54) is 65.6 Å². The molecule has 36 heavy (non-hydrogen) atoms. The highest BCUT2D eigenvalue weighted by molar-refractivity contribution is 6.02. The molecule has 5 nitrogen and oxygen atoms in total. The Balaban J connectivity index is 1.61. The lowest BCUT2D eigenvalue weighted by Crippen LogP contribution is -2.42. The fourth-order valence-electron chi connectivity index (χ4n) is 5.78. The normalized spacial score (nSPS) is 22.2. The largest absolute Gasteiger partial charge is 0.507 e. The molecule has 2 fully saturated rings. The number of rotatable bonds is 6. The lowest BCUT2D eigenvalue weighted by molar-refractivity contribution is 0.0681. The smallest absolute Gasteiger partial charge is 0.339 e. The van der Waals surface area contributed by atoms with Gasteiger partial charge in [-0.1, -0.05) is 30.3 Å². The quantitative estimate of drug-likeness (QED) is 0.389. The van der Waals surface area contributed by atoms with Gasteiger partial charge in [0.15, 0.2) is 5.72 Å². The Morgan fingerprint density at radius 3 is 2.33 bits per heavy atom. The topological polar surface area (TPSA) is 70.0 Å². The third-order valence-electron chi connectivity index (χ3n) is 8.06. The minimum absolute atomic E-state index is 0.117. The molecule has 0 spiro atoms. The van der Waals surface area contributed by atoms with Crippen LogP contribution < -0.4 is 4.90 Å². The Morgan fingerprint density at radius 2 is 1.69 bits per heavy atom. The number of benzene rings is 3. The number of nitrogens with zero attached hydrogens (tertiary/aromatic N) is 1. The molecule has 3 aliphatic rings. The lowest BCUT2D eigenvalue weighted by atomic mass is 9.89. The van der Waals surface area contributed by atoms with Gasteiger partial charge in [0.25, 0.3) is 0 Å². The fraction of sp³-hybridized carbons (Fsp3) is 0.323. The number of carbonyl (C=O) groups is 1. The molecule has 1 aliphatic heterocycles. The Labute approximate surface area is 211 Å². The van der Waals surface area contributed by atoms with Gasteiger partial charge in [0.2, 0.25) is 0 Å². The maximum Gasteiger partial charge on any atom is 0.339 e. The molecule has 1 unspecified atom stereocenters. The molecule has 2 aliphatic carbocycles. The number of anilines is 2. The van der Waals surface area contributed by atoms with Crippen molar-refractivity contribution in [1.82, 2.24) is 0 Å². The zero-order valence-corrected chi connectivity index (χ0v) is 20.9. The summed E-state index contributed by atoms with van der Waals surface area (Å²) in [6.45, 7) is 4.23. The first-order valence-corrected chi connectivity index (χ1v) is 12.7. The monoisotopic (exact) mass is 481 g/mol. The van der Waals surface area contributed by atoms with Gasteiger partial charge >= 0.3 is 5.97 Å². The number of hydrogen-bond donors (Lipinski definition) is 2. The molecule has 3 aromatic carbocycles. The first-order valence-electron chi connectivity index (χ1n) is 12.7.